The first kappa shape index (κ1) is 22.5. The van der Waals surface area contributed by atoms with Crippen LogP contribution in [0.1, 0.15) is 25.0 Å². The number of amides is 2. The van der Waals surface area contributed by atoms with E-state index in [1.807, 2.05) is 39.0 Å². The molecule has 0 radical (unpaired) electrons. The number of rotatable bonds is 8. The first-order valence-electron chi connectivity index (χ1n) is 9.15. The van der Waals surface area contributed by atoms with Gasteiger partial charge in [-0.3, -0.25) is 9.59 Å². The van der Waals surface area contributed by atoms with E-state index in [1.54, 1.807) is 31.4 Å². The fourth-order valence-corrected chi connectivity index (χ4v) is 2.97. The van der Waals surface area contributed by atoms with Crippen LogP contribution in [0.25, 0.3) is 6.08 Å². The zero-order valence-electron chi connectivity index (χ0n) is 16.9. The monoisotopic (exact) mass is 460 g/mol. The zero-order valence-corrected chi connectivity index (χ0v) is 18.5. The van der Waals surface area contributed by atoms with Gasteiger partial charge in [-0.15, -0.1) is 0 Å². The van der Waals surface area contributed by atoms with Gasteiger partial charge in [-0.1, -0.05) is 22.0 Å². The number of aryl methyl sites for hydroxylation is 1. The van der Waals surface area contributed by atoms with E-state index in [-0.39, 0.29) is 24.5 Å². The van der Waals surface area contributed by atoms with Crippen molar-refractivity contribution in [1.29, 1.82) is 0 Å². The van der Waals surface area contributed by atoms with E-state index in [2.05, 4.69) is 26.6 Å². The maximum Gasteiger partial charge on any atom is 0.244 e. The van der Waals surface area contributed by atoms with Crippen LogP contribution in [0.3, 0.4) is 0 Å². The normalized spacial score (nSPS) is 10.8. The summed E-state index contributed by atoms with van der Waals surface area (Å²) in [5.41, 5.74) is 2.42. The van der Waals surface area contributed by atoms with Crippen molar-refractivity contribution in [3.63, 3.8) is 0 Å². The lowest BCUT2D eigenvalue weighted by atomic mass is 10.2. The first-order valence-corrected chi connectivity index (χ1v) is 9.94. The van der Waals surface area contributed by atoms with Gasteiger partial charge in [0.25, 0.3) is 0 Å². The molecule has 2 N–H and O–H groups in total. The second kappa shape index (κ2) is 10.7. The van der Waals surface area contributed by atoms with E-state index in [0.29, 0.717) is 17.2 Å². The number of halogens is 1. The van der Waals surface area contributed by atoms with Crippen molar-refractivity contribution < 1.29 is 19.1 Å². The number of carbonyl (C=O) groups is 2. The number of nitrogens with one attached hydrogen (secondary N) is 2. The molecule has 0 spiro atoms. The summed E-state index contributed by atoms with van der Waals surface area (Å²) < 4.78 is 11.9. The van der Waals surface area contributed by atoms with Crippen LogP contribution in [0.2, 0.25) is 0 Å². The molecule has 29 heavy (non-hydrogen) atoms. The van der Waals surface area contributed by atoms with Crippen LogP contribution >= 0.6 is 15.9 Å². The van der Waals surface area contributed by atoms with Crippen molar-refractivity contribution in [2.24, 2.45) is 0 Å². The van der Waals surface area contributed by atoms with Gasteiger partial charge in [0.1, 0.15) is 0 Å². The van der Waals surface area contributed by atoms with Crippen molar-refractivity contribution in [1.82, 2.24) is 5.32 Å². The van der Waals surface area contributed by atoms with E-state index < -0.39 is 0 Å². The lowest BCUT2D eigenvalue weighted by Crippen LogP contribution is -2.31. The van der Waals surface area contributed by atoms with Gasteiger partial charge in [-0.2, -0.15) is 0 Å². The van der Waals surface area contributed by atoms with Crippen molar-refractivity contribution in [3.8, 4) is 11.5 Å². The molecule has 0 saturated carbocycles. The van der Waals surface area contributed by atoms with Gasteiger partial charge in [-0.25, -0.2) is 0 Å². The predicted octanol–water partition coefficient (Wildman–Crippen LogP) is 4.32. The van der Waals surface area contributed by atoms with Gasteiger partial charge in [0.05, 0.1) is 19.8 Å². The molecule has 0 bridgehead atoms. The van der Waals surface area contributed by atoms with Gasteiger partial charge < -0.3 is 20.1 Å². The fourth-order valence-electron chi connectivity index (χ4n) is 2.50. The Labute approximate surface area is 179 Å². The minimum Gasteiger partial charge on any atom is -0.493 e. The lowest BCUT2D eigenvalue weighted by molar-refractivity contribution is -0.121. The highest BCUT2D eigenvalue weighted by Gasteiger charge is 2.08. The van der Waals surface area contributed by atoms with Crippen LogP contribution < -0.4 is 20.1 Å². The first-order chi connectivity index (χ1) is 13.8. The van der Waals surface area contributed by atoms with E-state index >= 15 is 0 Å². The van der Waals surface area contributed by atoms with Crippen LogP contribution in [0.15, 0.2) is 46.9 Å². The van der Waals surface area contributed by atoms with E-state index in [4.69, 9.17) is 9.47 Å². The average molecular weight is 461 g/mol. The molecule has 7 heteroatoms. The van der Waals surface area contributed by atoms with Gasteiger partial charge >= 0.3 is 0 Å². The van der Waals surface area contributed by atoms with Gasteiger partial charge in [0.2, 0.25) is 11.8 Å². The summed E-state index contributed by atoms with van der Waals surface area (Å²) in [4.78, 5) is 24.1. The Bertz CT molecular complexity index is 910. The highest BCUT2D eigenvalue weighted by molar-refractivity contribution is 9.10. The average Bonchev–Trinajstić information content (AvgIpc) is 2.67. The summed E-state index contributed by atoms with van der Waals surface area (Å²) >= 11 is 3.38. The summed E-state index contributed by atoms with van der Waals surface area (Å²) in [5, 5.41) is 5.34. The molecular formula is C22H25BrN2O4. The highest BCUT2D eigenvalue weighted by atomic mass is 79.9. The number of hydrogen-bond acceptors (Lipinski definition) is 4. The van der Waals surface area contributed by atoms with Crippen LogP contribution in [-0.2, 0) is 9.59 Å². The number of methoxy groups -OCH3 is 1. The molecule has 2 aromatic carbocycles. The van der Waals surface area contributed by atoms with Crippen molar-refractivity contribution in [2.75, 3.05) is 19.0 Å². The van der Waals surface area contributed by atoms with E-state index in [9.17, 15) is 9.59 Å². The van der Waals surface area contributed by atoms with Crippen molar-refractivity contribution in [3.05, 3.63) is 58.1 Å². The summed E-state index contributed by atoms with van der Waals surface area (Å²) in [7, 11) is 1.56. The number of carbonyl (C=O) groups excluding carboxylic acids is 2. The molecule has 0 unspecified atom stereocenters. The number of benzene rings is 2. The molecule has 0 heterocycles. The summed E-state index contributed by atoms with van der Waals surface area (Å²) in [6.07, 6.45) is 3.05. The molecule has 0 aliphatic rings. The molecular weight excluding hydrogens is 436 g/mol. The number of hydrogen-bond donors (Lipinski definition) is 2. The van der Waals surface area contributed by atoms with Crippen molar-refractivity contribution >= 4 is 39.5 Å². The Hall–Kier alpha value is -2.80. The Morgan fingerprint density at radius 2 is 1.90 bits per heavy atom. The SMILES string of the molecule is COc1cc(C=CC(=O)NCC(=O)Nc2ccc(Br)cc2C)ccc1OC(C)C. The summed E-state index contributed by atoms with van der Waals surface area (Å²) in [6, 6.07) is 11.0. The largest absolute Gasteiger partial charge is 0.493 e. The quantitative estimate of drug-likeness (QED) is 0.575. The molecule has 2 aromatic rings. The minimum atomic E-state index is -0.367. The van der Waals surface area contributed by atoms with Crippen LogP contribution in [0.5, 0.6) is 11.5 Å². The smallest absolute Gasteiger partial charge is 0.244 e. The molecule has 0 fully saturated rings. The molecule has 6 nitrogen and oxygen atoms in total. The van der Waals surface area contributed by atoms with Gasteiger partial charge in [-0.05, 0) is 68.3 Å². The Morgan fingerprint density at radius 3 is 2.55 bits per heavy atom. The molecule has 2 amide bonds. The molecule has 154 valence electrons. The molecule has 0 aliphatic carbocycles. The van der Waals surface area contributed by atoms with Crippen LogP contribution in [0.4, 0.5) is 5.69 Å². The third-order valence-corrected chi connectivity index (χ3v) is 4.36. The van der Waals surface area contributed by atoms with Crippen molar-refractivity contribution in [2.45, 2.75) is 26.9 Å². The standard InChI is InChI=1S/C22H25BrN2O4/c1-14(2)29-19-9-5-16(12-20(19)28-4)6-10-21(26)24-13-22(27)25-18-8-7-17(23)11-15(18)3/h5-12,14H,13H2,1-4H3,(H,24,26)(H,25,27). The summed E-state index contributed by atoms with van der Waals surface area (Å²) in [5.74, 6) is 0.567. The summed E-state index contributed by atoms with van der Waals surface area (Å²) in [6.45, 7) is 5.65. The molecule has 0 aromatic heterocycles. The highest BCUT2D eigenvalue weighted by Crippen LogP contribution is 2.29. The third-order valence-electron chi connectivity index (χ3n) is 3.86. The zero-order chi connectivity index (χ0) is 21.4. The number of anilines is 1. The van der Waals surface area contributed by atoms with E-state index in [1.165, 1.54) is 6.08 Å². The number of ether oxygens (including phenoxy) is 2. The van der Waals surface area contributed by atoms with Crippen LogP contribution in [-0.4, -0.2) is 31.6 Å². The Balaban J connectivity index is 1.89. The molecule has 0 aliphatic heterocycles. The Kier molecular flexibility index (Phi) is 8.27. The molecule has 0 atom stereocenters. The fraction of sp³-hybridized carbons (Fsp3) is 0.273. The Morgan fingerprint density at radius 1 is 1.14 bits per heavy atom. The predicted molar refractivity (Wildman–Crippen MR) is 118 cm³/mol. The molecule has 2 rings (SSSR count). The topological polar surface area (TPSA) is 76.7 Å². The minimum absolute atomic E-state index is 0.0309. The van der Waals surface area contributed by atoms with E-state index in [0.717, 1.165) is 15.6 Å². The van der Waals surface area contributed by atoms with Gasteiger partial charge in [0.15, 0.2) is 11.5 Å². The maximum atomic E-state index is 12.0. The van der Waals surface area contributed by atoms with Gasteiger partial charge in [0, 0.05) is 16.2 Å². The maximum absolute atomic E-state index is 12.0. The second-order valence-corrected chi connectivity index (χ2v) is 7.55. The third kappa shape index (κ3) is 7.27. The van der Waals surface area contributed by atoms with Crippen LogP contribution in [0, 0.1) is 6.92 Å². The molecule has 0 saturated heterocycles. The second-order valence-electron chi connectivity index (χ2n) is 6.64. The lowest BCUT2D eigenvalue weighted by Gasteiger charge is -2.13.